The first-order valence-electron chi connectivity index (χ1n) is 4.12. The summed E-state index contributed by atoms with van der Waals surface area (Å²) in [4.78, 5) is 14.9. The zero-order valence-corrected chi connectivity index (χ0v) is 10.6. The Bertz CT molecular complexity index is 412. The second kappa shape index (κ2) is 5.37. The number of esters is 1. The molecule has 0 saturated heterocycles. The molecule has 0 aliphatic rings. The molecule has 88 valence electrons. The van der Waals surface area contributed by atoms with Crippen molar-refractivity contribution in [3.8, 4) is 5.75 Å². The SMILES string of the molecule is COC(=O)c1cc(OC)c(C(F)F)nc1I. The number of methoxy groups -OCH3 is 2. The minimum atomic E-state index is -2.75. The molecular formula is C9H8F2INO3. The molecule has 7 heteroatoms. The minimum absolute atomic E-state index is 0.101. The van der Waals surface area contributed by atoms with Crippen LogP contribution in [0.25, 0.3) is 0 Å². The van der Waals surface area contributed by atoms with E-state index >= 15 is 0 Å². The molecule has 1 aromatic rings. The summed E-state index contributed by atoms with van der Waals surface area (Å²) in [5.41, 5.74) is -0.385. The number of carbonyl (C=O) groups is 1. The Morgan fingerprint density at radius 1 is 1.50 bits per heavy atom. The maximum atomic E-state index is 12.5. The third kappa shape index (κ3) is 2.57. The molecule has 0 aliphatic carbocycles. The van der Waals surface area contributed by atoms with E-state index in [0.717, 1.165) is 0 Å². The Morgan fingerprint density at radius 3 is 2.56 bits per heavy atom. The van der Waals surface area contributed by atoms with Crippen molar-refractivity contribution in [1.29, 1.82) is 0 Å². The molecule has 0 unspecified atom stereocenters. The third-order valence-electron chi connectivity index (χ3n) is 1.80. The Labute approximate surface area is 104 Å². The highest BCUT2D eigenvalue weighted by Crippen LogP contribution is 2.29. The standard InChI is InChI=1S/C9H8F2INO3/c1-15-5-3-4(9(14)16-2)8(12)13-6(5)7(10)11/h3,7H,1-2H3. The molecule has 1 heterocycles. The van der Waals surface area contributed by atoms with Gasteiger partial charge in [0.25, 0.3) is 6.43 Å². The molecule has 4 nitrogen and oxygen atoms in total. The van der Waals surface area contributed by atoms with Crippen LogP contribution in [0.4, 0.5) is 8.78 Å². The monoisotopic (exact) mass is 343 g/mol. The number of rotatable bonds is 3. The molecule has 1 rings (SSSR count). The number of hydrogen-bond acceptors (Lipinski definition) is 4. The fraction of sp³-hybridized carbons (Fsp3) is 0.333. The first-order valence-corrected chi connectivity index (χ1v) is 5.20. The summed E-state index contributed by atoms with van der Waals surface area (Å²) in [6, 6.07) is 1.20. The predicted octanol–water partition coefficient (Wildman–Crippen LogP) is 2.42. The molecule has 0 fully saturated rings. The first kappa shape index (κ1) is 13.1. The van der Waals surface area contributed by atoms with Crippen LogP contribution in [-0.4, -0.2) is 25.2 Å². The van der Waals surface area contributed by atoms with Gasteiger partial charge in [0, 0.05) is 0 Å². The summed E-state index contributed by atoms with van der Waals surface area (Å²) < 4.78 is 34.5. The van der Waals surface area contributed by atoms with Crippen LogP contribution in [0.1, 0.15) is 22.5 Å². The molecule has 0 spiro atoms. The van der Waals surface area contributed by atoms with E-state index in [9.17, 15) is 13.6 Å². The quantitative estimate of drug-likeness (QED) is 0.481. The Hall–Kier alpha value is -0.990. The van der Waals surface area contributed by atoms with Crippen molar-refractivity contribution in [1.82, 2.24) is 4.98 Å². The van der Waals surface area contributed by atoms with Gasteiger partial charge < -0.3 is 9.47 Å². The molecule has 0 aliphatic heterocycles. The van der Waals surface area contributed by atoms with Gasteiger partial charge in [0.1, 0.15) is 15.1 Å². The van der Waals surface area contributed by atoms with Crippen molar-refractivity contribution >= 4 is 28.6 Å². The van der Waals surface area contributed by atoms with Gasteiger partial charge in [0.05, 0.1) is 19.8 Å². The summed E-state index contributed by atoms with van der Waals surface area (Å²) in [5.74, 6) is -0.771. The van der Waals surface area contributed by atoms with Crippen LogP contribution in [0.2, 0.25) is 0 Å². The van der Waals surface area contributed by atoms with E-state index in [1.54, 1.807) is 22.6 Å². The number of nitrogens with zero attached hydrogens (tertiary/aromatic N) is 1. The molecule has 16 heavy (non-hydrogen) atoms. The van der Waals surface area contributed by atoms with E-state index in [1.165, 1.54) is 20.3 Å². The maximum absolute atomic E-state index is 12.5. The lowest BCUT2D eigenvalue weighted by Gasteiger charge is -2.09. The number of hydrogen-bond donors (Lipinski definition) is 0. The summed E-state index contributed by atoms with van der Waals surface area (Å²) >= 11 is 1.69. The molecule has 0 radical (unpaired) electrons. The highest BCUT2D eigenvalue weighted by atomic mass is 127. The third-order valence-corrected chi connectivity index (χ3v) is 2.62. The lowest BCUT2D eigenvalue weighted by molar-refractivity contribution is 0.0597. The number of carbonyl (C=O) groups excluding carboxylic acids is 1. The normalized spacial score (nSPS) is 10.4. The van der Waals surface area contributed by atoms with E-state index in [1.807, 2.05) is 0 Å². The van der Waals surface area contributed by atoms with Gasteiger partial charge in [-0.2, -0.15) is 0 Å². The lowest BCUT2D eigenvalue weighted by Crippen LogP contribution is -2.08. The largest absolute Gasteiger partial charge is 0.495 e. The van der Waals surface area contributed by atoms with Crippen LogP contribution in [0.5, 0.6) is 5.75 Å². The number of halogens is 3. The molecule has 1 aromatic heterocycles. The van der Waals surface area contributed by atoms with Crippen LogP contribution >= 0.6 is 22.6 Å². The van der Waals surface area contributed by atoms with Crippen molar-refractivity contribution in [2.45, 2.75) is 6.43 Å². The average molecular weight is 343 g/mol. The second-order valence-corrected chi connectivity index (χ2v) is 3.73. The minimum Gasteiger partial charge on any atom is -0.495 e. The molecule has 0 amide bonds. The molecular weight excluding hydrogens is 335 g/mol. The van der Waals surface area contributed by atoms with E-state index < -0.39 is 18.1 Å². The van der Waals surface area contributed by atoms with Crippen molar-refractivity contribution in [2.75, 3.05) is 14.2 Å². The van der Waals surface area contributed by atoms with Gasteiger partial charge in [-0.25, -0.2) is 18.6 Å². The van der Waals surface area contributed by atoms with Gasteiger partial charge in [-0.15, -0.1) is 0 Å². The Kier molecular flexibility index (Phi) is 4.39. The van der Waals surface area contributed by atoms with Gasteiger partial charge in [0.2, 0.25) is 0 Å². The van der Waals surface area contributed by atoms with Gasteiger partial charge in [-0.3, -0.25) is 0 Å². The van der Waals surface area contributed by atoms with Gasteiger partial charge in [-0.1, -0.05) is 0 Å². The number of ether oxygens (including phenoxy) is 2. The van der Waals surface area contributed by atoms with Crippen molar-refractivity contribution in [2.24, 2.45) is 0 Å². The topological polar surface area (TPSA) is 48.4 Å². The number of alkyl halides is 2. The molecule has 0 aromatic carbocycles. The Morgan fingerprint density at radius 2 is 2.12 bits per heavy atom. The van der Waals surface area contributed by atoms with Gasteiger partial charge in [-0.05, 0) is 28.7 Å². The lowest BCUT2D eigenvalue weighted by atomic mass is 10.2. The smallest absolute Gasteiger partial charge is 0.340 e. The highest BCUT2D eigenvalue weighted by Gasteiger charge is 2.21. The van der Waals surface area contributed by atoms with Crippen LogP contribution in [0, 0.1) is 3.70 Å². The van der Waals surface area contributed by atoms with Crippen molar-refractivity contribution in [3.05, 3.63) is 21.0 Å². The van der Waals surface area contributed by atoms with Crippen LogP contribution < -0.4 is 4.74 Å². The second-order valence-electron chi connectivity index (χ2n) is 2.71. The first-order chi connectivity index (χ1) is 7.51. The van der Waals surface area contributed by atoms with Crippen LogP contribution in [-0.2, 0) is 4.74 Å². The molecule has 0 atom stereocenters. The fourth-order valence-corrected chi connectivity index (χ4v) is 1.69. The Balaban J connectivity index is 3.31. The highest BCUT2D eigenvalue weighted by molar-refractivity contribution is 14.1. The molecule has 0 N–H and O–H groups in total. The summed E-state index contributed by atoms with van der Waals surface area (Å²) in [7, 11) is 2.43. The maximum Gasteiger partial charge on any atom is 0.340 e. The van der Waals surface area contributed by atoms with Crippen molar-refractivity contribution < 1.29 is 23.0 Å². The number of pyridine rings is 1. The molecule has 0 bridgehead atoms. The van der Waals surface area contributed by atoms with E-state index in [2.05, 4.69) is 9.72 Å². The average Bonchev–Trinajstić information content (AvgIpc) is 2.27. The number of aromatic nitrogens is 1. The zero-order chi connectivity index (χ0) is 12.3. The van der Waals surface area contributed by atoms with Gasteiger partial charge in [0.15, 0.2) is 0 Å². The predicted molar refractivity (Wildman–Crippen MR) is 59.8 cm³/mol. The summed E-state index contributed by atoms with van der Waals surface area (Å²) in [6.45, 7) is 0. The summed E-state index contributed by atoms with van der Waals surface area (Å²) in [5, 5.41) is 0. The van der Waals surface area contributed by atoms with Crippen LogP contribution in [0.3, 0.4) is 0 Å². The van der Waals surface area contributed by atoms with E-state index in [-0.39, 0.29) is 15.0 Å². The van der Waals surface area contributed by atoms with Crippen LogP contribution in [0.15, 0.2) is 6.07 Å². The zero-order valence-electron chi connectivity index (χ0n) is 8.46. The fourth-order valence-electron chi connectivity index (χ4n) is 1.06. The summed E-state index contributed by atoms with van der Waals surface area (Å²) in [6.07, 6.45) is -2.75. The van der Waals surface area contributed by atoms with E-state index in [4.69, 9.17) is 4.74 Å². The molecule has 0 saturated carbocycles. The van der Waals surface area contributed by atoms with Gasteiger partial charge >= 0.3 is 5.97 Å². The van der Waals surface area contributed by atoms with E-state index in [0.29, 0.717) is 0 Å². The van der Waals surface area contributed by atoms with Crippen molar-refractivity contribution in [3.63, 3.8) is 0 Å².